The van der Waals surface area contributed by atoms with E-state index in [9.17, 15) is 9.59 Å². The molecule has 1 saturated carbocycles. The summed E-state index contributed by atoms with van der Waals surface area (Å²) in [5.74, 6) is -0.232. The van der Waals surface area contributed by atoms with Crippen molar-refractivity contribution in [2.24, 2.45) is 0 Å². The van der Waals surface area contributed by atoms with Crippen molar-refractivity contribution in [2.75, 3.05) is 11.6 Å². The fraction of sp³-hybridized carbons (Fsp3) is 0.353. The van der Waals surface area contributed by atoms with Gasteiger partial charge < -0.3 is 10.1 Å². The van der Waals surface area contributed by atoms with Gasteiger partial charge in [0.05, 0.1) is 0 Å². The lowest BCUT2D eigenvalue weighted by atomic mass is 10.3. The highest BCUT2D eigenvalue weighted by Crippen LogP contribution is 2.30. The molecule has 1 aliphatic carbocycles. The zero-order valence-electron chi connectivity index (χ0n) is 13.4. The van der Waals surface area contributed by atoms with Gasteiger partial charge in [0.25, 0.3) is 0 Å². The van der Waals surface area contributed by atoms with E-state index in [-0.39, 0.29) is 17.6 Å². The third kappa shape index (κ3) is 3.31. The van der Waals surface area contributed by atoms with Crippen LogP contribution in [0.1, 0.15) is 36.2 Å². The highest BCUT2D eigenvalue weighted by molar-refractivity contribution is 7.98. The zero-order chi connectivity index (χ0) is 16.9. The van der Waals surface area contributed by atoms with Crippen molar-refractivity contribution in [1.82, 2.24) is 9.55 Å². The second kappa shape index (κ2) is 7.53. The molecule has 0 unspecified atom stereocenters. The van der Waals surface area contributed by atoms with Crippen LogP contribution in [0.25, 0.3) is 5.69 Å². The van der Waals surface area contributed by atoms with Gasteiger partial charge in [-0.3, -0.25) is 9.36 Å². The molecule has 1 amide bonds. The van der Waals surface area contributed by atoms with E-state index in [2.05, 4.69) is 10.3 Å². The van der Waals surface area contributed by atoms with Crippen molar-refractivity contribution in [3.63, 3.8) is 0 Å². The van der Waals surface area contributed by atoms with Crippen molar-refractivity contribution in [1.29, 1.82) is 0 Å². The minimum atomic E-state index is -0.456. The molecule has 126 valence electrons. The van der Waals surface area contributed by atoms with Gasteiger partial charge in [-0.2, -0.15) is 0 Å². The van der Waals surface area contributed by atoms with Crippen LogP contribution >= 0.6 is 11.8 Å². The number of carbonyl (C=O) groups is 2. The maximum Gasteiger partial charge on any atom is 0.359 e. The quantitative estimate of drug-likeness (QED) is 0.494. The number of anilines is 1. The Bertz CT molecular complexity index is 724. The Hall–Kier alpha value is -2.28. The van der Waals surface area contributed by atoms with Crippen LogP contribution in [0.2, 0.25) is 0 Å². The number of nitrogens with one attached hydrogen (secondary N) is 1. The molecule has 0 radical (unpaired) electrons. The summed E-state index contributed by atoms with van der Waals surface area (Å²) in [6.07, 6.45) is 6.26. The van der Waals surface area contributed by atoms with Crippen LogP contribution in [0.3, 0.4) is 0 Å². The molecule has 1 aromatic carbocycles. The molecule has 24 heavy (non-hydrogen) atoms. The van der Waals surface area contributed by atoms with Crippen LogP contribution < -0.4 is 5.32 Å². The predicted octanol–water partition coefficient (Wildman–Crippen LogP) is 3.26. The topological polar surface area (TPSA) is 73.2 Å². The first-order valence-electron chi connectivity index (χ1n) is 7.88. The van der Waals surface area contributed by atoms with Gasteiger partial charge in [-0.05, 0) is 44.1 Å². The van der Waals surface area contributed by atoms with Crippen molar-refractivity contribution in [3.05, 3.63) is 36.0 Å². The van der Waals surface area contributed by atoms with Gasteiger partial charge in [0, 0.05) is 5.69 Å². The Labute approximate surface area is 144 Å². The van der Waals surface area contributed by atoms with E-state index in [1.807, 2.05) is 36.6 Å². The molecule has 0 bridgehead atoms. The molecule has 0 aliphatic heterocycles. The number of thioether (sulfide) groups is 1. The van der Waals surface area contributed by atoms with E-state index in [1.165, 1.54) is 11.8 Å². The number of hydrogen-bond acceptors (Lipinski definition) is 5. The predicted molar refractivity (Wildman–Crippen MR) is 92.7 cm³/mol. The number of esters is 1. The number of benzene rings is 1. The Kier molecular flexibility index (Phi) is 5.20. The number of rotatable bonds is 6. The SMILES string of the molecule is CSc1nc(NC=O)c(C(=O)OC2CCCC2)n1-c1ccccc1. The van der Waals surface area contributed by atoms with E-state index in [0.29, 0.717) is 11.6 Å². The van der Waals surface area contributed by atoms with Crippen molar-refractivity contribution in [2.45, 2.75) is 36.9 Å². The first kappa shape index (κ1) is 16.6. The van der Waals surface area contributed by atoms with E-state index in [0.717, 1.165) is 31.4 Å². The summed E-state index contributed by atoms with van der Waals surface area (Å²) in [6, 6.07) is 9.45. The lowest BCUT2D eigenvalue weighted by molar-refractivity contribution is -0.105. The Morgan fingerprint density at radius 2 is 2.04 bits per heavy atom. The molecule has 1 aromatic heterocycles. The van der Waals surface area contributed by atoms with Crippen molar-refractivity contribution >= 4 is 30.0 Å². The Morgan fingerprint density at radius 1 is 1.33 bits per heavy atom. The Morgan fingerprint density at radius 3 is 2.67 bits per heavy atom. The fourth-order valence-corrected chi connectivity index (χ4v) is 3.47. The smallest absolute Gasteiger partial charge is 0.359 e. The van der Waals surface area contributed by atoms with E-state index in [4.69, 9.17) is 4.74 Å². The van der Waals surface area contributed by atoms with Crippen molar-refractivity contribution in [3.8, 4) is 5.69 Å². The zero-order valence-corrected chi connectivity index (χ0v) is 14.2. The lowest BCUT2D eigenvalue weighted by Crippen LogP contribution is -2.19. The molecule has 1 fully saturated rings. The largest absolute Gasteiger partial charge is 0.458 e. The van der Waals surface area contributed by atoms with Gasteiger partial charge in [0.2, 0.25) is 6.41 Å². The molecule has 0 spiro atoms. The number of ether oxygens (including phenoxy) is 1. The second-order valence-corrected chi connectivity index (χ2v) is 6.31. The molecule has 2 aromatic rings. The number of aromatic nitrogens is 2. The standard InChI is InChI=1S/C17H19N3O3S/c1-24-17-19-15(18-11-21)14(16(22)23-13-9-5-6-10-13)20(17)12-7-3-2-4-8-12/h2-4,7-8,11,13H,5-6,9-10H2,1H3,(H,18,21). The minimum absolute atomic E-state index is 0.0570. The van der Waals surface area contributed by atoms with Gasteiger partial charge >= 0.3 is 5.97 Å². The summed E-state index contributed by atoms with van der Waals surface area (Å²) in [5.41, 5.74) is 1.05. The number of carbonyl (C=O) groups excluding carboxylic acids is 2. The van der Waals surface area contributed by atoms with Crippen molar-refractivity contribution < 1.29 is 14.3 Å². The molecule has 0 saturated heterocycles. The summed E-state index contributed by atoms with van der Waals surface area (Å²) in [6.45, 7) is 0. The average Bonchev–Trinajstić information content (AvgIpc) is 3.23. The third-order valence-electron chi connectivity index (χ3n) is 4.01. The lowest BCUT2D eigenvalue weighted by Gasteiger charge is -2.14. The van der Waals surface area contributed by atoms with Gasteiger partial charge in [-0.1, -0.05) is 30.0 Å². The normalized spacial score (nSPS) is 14.5. The highest BCUT2D eigenvalue weighted by Gasteiger charge is 2.28. The van der Waals surface area contributed by atoms with Gasteiger partial charge in [-0.15, -0.1) is 0 Å². The van der Waals surface area contributed by atoms with Crippen LogP contribution in [0.4, 0.5) is 5.82 Å². The summed E-state index contributed by atoms with van der Waals surface area (Å²) in [7, 11) is 0. The number of imidazole rings is 1. The first-order chi connectivity index (χ1) is 11.7. The highest BCUT2D eigenvalue weighted by atomic mass is 32.2. The first-order valence-corrected chi connectivity index (χ1v) is 9.10. The summed E-state index contributed by atoms with van der Waals surface area (Å²) >= 11 is 1.40. The number of para-hydroxylation sites is 1. The van der Waals surface area contributed by atoms with Gasteiger partial charge in [-0.25, -0.2) is 9.78 Å². The minimum Gasteiger partial charge on any atom is -0.458 e. The van der Waals surface area contributed by atoms with Gasteiger partial charge in [0.1, 0.15) is 6.10 Å². The maximum atomic E-state index is 12.8. The second-order valence-electron chi connectivity index (χ2n) is 5.54. The molecule has 1 heterocycles. The monoisotopic (exact) mass is 345 g/mol. The average molecular weight is 345 g/mol. The maximum absolute atomic E-state index is 12.8. The molecule has 6 nitrogen and oxygen atoms in total. The molecular weight excluding hydrogens is 326 g/mol. The molecule has 1 aliphatic rings. The summed E-state index contributed by atoms with van der Waals surface area (Å²) in [5, 5.41) is 3.13. The molecule has 0 atom stereocenters. The van der Waals surface area contributed by atoms with Crippen LogP contribution in [-0.2, 0) is 9.53 Å². The number of amides is 1. The molecule has 7 heteroatoms. The summed E-state index contributed by atoms with van der Waals surface area (Å²) in [4.78, 5) is 28.1. The van der Waals surface area contributed by atoms with E-state index < -0.39 is 5.97 Å². The Balaban J connectivity index is 2.05. The van der Waals surface area contributed by atoms with Crippen LogP contribution in [-0.4, -0.2) is 34.3 Å². The molecular formula is C17H19N3O3S. The number of hydrogen-bond donors (Lipinski definition) is 1. The number of nitrogens with zero attached hydrogens (tertiary/aromatic N) is 2. The van der Waals surface area contributed by atoms with E-state index >= 15 is 0 Å². The fourth-order valence-electron chi connectivity index (χ4n) is 2.91. The van der Waals surface area contributed by atoms with Crippen LogP contribution in [0, 0.1) is 0 Å². The van der Waals surface area contributed by atoms with Crippen LogP contribution in [0.15, 0.2) is 35.5 Å². The molecule has 1 N–H and O–H groups in total. The molecule has 3 rings (SSSR count). The van der Waals surface area contributed by atoms with E-state index in [1.54, 1.807) is 4.57 Å². The summed E-state index contributed by atoms with van der Waals surface area (Å²) < 4.78 is 7.37. The van der Waals surface area contributed by atoms with Crippen LogP contribution in [0.5, 0.6) is 0 Å². The third-order valence-corrected chi connectivity index (χ3v) is 4.65. The van der Waals surface area contributed by atoms with Gasteiger partial charge in [0.15, 0.2) is 16.7 Å².